The number of aryl methyl sites for hydroxylation is 1. The van der Waals surface area contributed by atoms with Gasteiger partial charge in [-0.1, -0.05) is 0 Å². The van der Waals surface area contributed by atoms with Crippen molar-refractivity contribution in [1.82, 2.24) is 14.7 Å². The summed E-state index contributed by atoms with van der Waals surface area (Å²) in [6.45, 7) is 1.45. The molecule has 0 spiro atoms. The summed E-state index contributed by atoms with van der Waals surface area (Å²) in [6, 6.07) is 0. The van der Waals surface area contributed by atoms with Crippen LogP contribution in [0.25, 0.3) is 0 Å². The molecule has 1 saturated heterocycles. The van der Waals surface area contributed by atoms with E-state index in [0.29, 0.717) is 12.1 Å². The number of aromatic nitrogens is 2. The second kappa shape index (κ2) is 4.23. The molecule has 1 aliphatic heterocycles. The molecule has 0 aromatic carbocycles. The Bertz CT molecular complexity index is 363. The molecule has 0 N–H and O–H groups in total. The van der Waals surface area contributed by atoms with Crippen molar-refractivity contribution in [1.29, 1.82) is 0 Å². The Morgan fingerprint density at radius 3 is 3.07 bits per heavy atom. The molecule has 1 unspecified atom stereocenters. The van der Waals surface area contributed by atoms with Gasteiger partial charge in [0.15, 0.2) is 0 Å². The van der Waals surface area contributed by atoms with Crippen molar-refractivity contribution < 1.29 is 4.79 Å². The lowest BCUT2D eigenvalue weighted by atomic mass is 10.1. The molecule has 0 saturated carbocycles. The molecule has 82 valence electrons. The fourth-order valence-electron chi connectivity index (χ4n) is 1.82. The van der Waals surface area contributed by atoms with Crippen LogP contribution in [-0.2, 0) is 7.05 Å². The largest absolute Gasteiger partial charge is 0.337 e. The number of halogens is 1. The van der Waals surface area contributed by atoms with Gasteiger partial charge in [0, 0.05) is 26.3 Å². The first-order valence-electron chi connectivity index (χ1n) is 5.09. The van der Waals surface area contributed by atoms with Gasteiger partial charge in [0.2, 0.25) is 0 Å². The van der Waals surface area contributed by atoms with Crippen LogP contribution < -0.4 is 0 Å². The fraction of sp³-hybridized carbons (Fsp3) is 0.600. The Morgan fingerprint density at radius 2 is 2.47 bits per heavy atom. The van der Waals surface area contributed by atoms with Crippen molar-refractivity contribution in [2.75, 3.05) is 13.1 Å². The van der Waals surface area contributed by atoms with Gasteiger partial charge in [0.05, 0.1) is 17.1 Å². The van der Waals surface area contributed by atoms with Gasteiger partial charge in [-0.05, 0) is 12.8 Å². The maximum atomic E-state index is 12.0. The minimum absolute atomic E-state index is 0.0356. The second-order valence-corrected chi connectivity index (χ2v) is 4.51. The summed E-state index contributed by atoms with van der Waals surface area (Å²) in [5.41, 5.74) is 0.642. The zero-order valence-corrected chi connectivity index (χ0v) is 9.44. The average molecular weight is 228 g/mol. The van der Waals surface area contributed by atoms with E-state index in [2.05, 4.69) is 5.10 Å². The first-order chi connectivity index (χ1) is 7.16. The molecule has 0 aliphatic carbocycles. The van der Waals surface area contributed by atoms with E-state index in [1.807, 2.05) is 0 Å². The van der Waals surface area contributed by atoms with E-state index in [4.69, 9.17) is 11.6 Å². The topological polar surface area (TPSA) is 38.1 Å². The predicted molar refractivity (Wildman–Crippen MR) is 58.0 cm³/mol. The molecule has 15 heavy (non-hydrogen) atoms. The van der Waals surface area contributed by atoms with Crippen LogP contribution in [0.15, 0.2) is 12.4 Å². The number of hydrogen-bond acceptors (Lipinski definition) is 2. The summed E-state index contributed by atoms with van der Waals surface area (Å²) >= 11 is 6.03. The normalized spacial score (nSPS) is 21.7. The van der Waals surface area contributed by atoms with E-state index in [9.17, 15) is 4.79 Å². The van der Waals surface area contributed by atoms with Gasteiger partial charge in [0.25, 0.3) is 5.91 Å². The highest BCUT2D eigenvalue weighted by Gasteiger charge is 2.23. The molecule has 1 aliphatic rings. The van der Waals surface area contributed by atoms with Gasteiger partial charge in [0.1, 0.15) is 0 Å². The van der Waals surface area contributed by atoms with Crippen molar-refractivity contribution in [3.63, 3.8) is 0 Å². The van der Waals surface area contributed by atoms with Crippen LogP contribution in [0.3, 0.4) is 0 Å². The molecule has 1 aromatic rings. The smallest absolute Gasteiger partial charge is 0.257 e. The van der Waals surface area contributed by atoms with E-state index < -0.39 is 0 Å². The Kier molecular flexibility index (Phi) is 2.95. The zero-order valence-electron chi connectivity index (χ0n) is 8.69. The first kappa shape index (κ1) is 10.5. The second-order valence-electron chi connectivity index (χ2n) is 3.89. The van der Waals surface area contributed by atoms with E-state index in [0.717, 1.165) is 19.4 Å². The average Bonchev–Trinajstić information content (AvgIpc) is 2.64. The number of amides is 1. The number of likely N-dealkylation sites (tertiary alicyclic amines) is 1. The number of alkyl halides is 1. The molecule has 4 nitrogen and oxygen atoms in total. The summed E-state index contributed by atoms with van der Waals surface area (Å²) in [5, 5.41) is 4.08. The Morgan fingerprint density at radius 1 is 1.67 bits per heavy atom. The molecule has 1 aromatic heterocycles. The Balaban J connectivity index is 2.07. The van der Waals surface area contributed by atoms with Crippen molar-refractivity contribution in [2.45, 2.75) is 18.2 Å². The minimum atomic E-state index is 0.0356. The summed E-state index contributed by atoms with van der Waals surface area (Å²) in [5.74, 6) is 0.0356. The third kappa shape index (κ3) is 2.31. The molecule has 2 heterocycles. The molecule has 1 amide bonds. The van der Waals surface area contributed by atoms with Crippen LogP contribution in [0.1, 0.15) is 23.2 Å². The molecule has 0 bridgehead atoms. The SMILES string of the molecule is Cn1cc(C(=O)N2CCCC(Cl)C2)cn1. The predicted octanol–water partition coefficient (Wildman–Crippen LogP) is 1.26. The van der Waals surface area contributed by atoms with Crippen molar-refractivity contribution in [3.05, 3.63) is 18.0 Å². The van der Waals surface area contributed by atoms with Crippen LogP contribution in [0.5, 0.6) is 0 Å². The maximum absolute atomic E-state index is 12.0. The van der Waals surface area contributed by atoms with Crippen molar-refractivity contribution >= 4 is 17.5 Å². The lowest BCUT2D eigenvalue weighted by Gasteiger charge is -2.29. The number of carbonyl (C=O) groups excluding carboxylic acids is 1. The van der Waals surface area contributed by atoms with Crippen LogP contribution in [0.2, 0.25) is 0 Å². The maximum Gasteiger partial charge on any atom is 0.257 e. The minimum Gasteiger partial charge on any atom is -0.337 e. The van der Waals surface area contributed by atoms with Crippen LogP contribution in [0.4, 0.5) is 0 Å². The lowest BCUT2D eigenvalue weighted by molar-refractivity contribution is 0.0727. The van der Waals surface area contributed by atoms with E-state index >= 15 is 0 Å². The summed E-state index contributed by atoms with van der Waals surface area (Å²) < 4.78 is 1.63. The van der Waals surface area contributed by atoms with Crippen LogP contribution in [0, 0.1) is 0 Å². The Labute approximate surface area is 93.8 Å². The first-order valence-corrected chi connectivity index (χ1v) is 5.52. The van der Waals surface area contributed by atoms with Gasteiger partial charge in [-0.2, -0.15) is 5.10 Å². The summed E-state index contributed by atoms with van der Waals surface area (Å²) in [6.07, 6.45) is 5.32. The highest BCUT2D eigenvalue weighted by atomic mass is 35.5. The number of nitrogens with zero attached hydrogens (tertiary/aromatic N) is 3. The zero-order chi connectivity index (χ0) is 10.8. The van der Waals surface area contributed by atoms with Crippen molar-refractivity contribution in [2.24, 2.45) is 7.05 Å². The van der Waals surface area contributed by atoms with Crippen LogP contribution >= 0.6 is 11.6 Å². The van der Waals surface area contributed by atoms with Gasteiger partial charge in [-0.3, -0.25) is 9.48 Å². The lowest BCUT2D eigenvalue weighted by Crippen LogP contribution is -2.40. The van der Waals surface area contributed by atoms with Gasteiger partial charge < -0.3 is 4.90 Å². The standard InChI is InChI=1S/C10H14ClN3O/c1-13-6-8(5-12-13)10(15)14-4-2-3-9(11)7-14/h5-6,9H,2-4,7H2,1H3. The monoisotopic (exact) mass is 227 g/mol. The highest BCUT2D eigenvalue weighted by Crippen LogP contribution is 2.17. The molecular weight excluding hydrogens is 214 g/mol. The molecule has 5 heteroatoms. The number of hydrogen-bond donors (Lipinski definition) is 0. The quantitative estimate of drug-likeness (QED) is 0.678. The van der Waals surface area contributed by atoms with E-state index in [1.165, 1.54) is 0 Å². The van der Waals surface area contributed by atoms with Gasteiger partial charge in [-0.25, -0.2) is 0 Å². The van der Waals surface area contributed by atoms with Gasteiger partial charge >= 0.3 is 0 Å². The van der Waals surface area contributed by atoms with Gasteiger partial charge in [-0.15, -0.1) is 11.6 Å². The highest BCUT2D eigenvalue weighted by molar-refractivity contribution is 6.21. The summed E-state index contributed by atoms with van der Waals surface area (Å²) in [4.78, 5) is 13.8. The molecule has 1 fully saturated rings. The summed E-state index contributed by atoms with van der Waals surface area (Å²) in [7, 11) is 1.80. The molecular formula is C10H14ClN3O. The van der Waals surface area contributed by atoms with E-state index in [-0.39, 0.29) is 11.3 Å². The fourth-order valence-corrected chi connectivity index (χ4v) is 2.14. The third-order valence-electron chi connectivity index (χ3n) is 2.60. The number of piperidine rings is 1. The molecule has 2 rings (SSSR count). The third-order valence-corrected chi connectivity index (χ3v) is 2.96. The number of carbonyl (C=O) groups is 1. The number of rotatable bonds is 1. The van der Waals surface area contributed by atoms with Crippen LogP contribution in [-0.4, -0.2) is 39.1 Å². The van der Waals surface area contributed by atoms with E-state index in [1.54, 1.807) is 29.0 Å². The Hall–Kier alpha value is -1.03. The molecule has 0 radical (unpaired) electrons. The van der Waals surface area contributed by atoms with Crippen molar-refractivity contribution in [3.8, 4) is 0 Å². The molecule has 1 atom stereocenters.